The molecule has 18 heavy (non-hydrogen) atoms. The summed E-state index contributed by atoms with van der Waals surface area (Å²) in [5, 5.41) is 0. The molecule has 86 valence electrons. The molecule has 0 radical (unpaired) electrons. The van der Waals surface area contributed by atoms with Crippen molar-refractivity contribution in [2.45, 2.75) is 0 Å². The summed E-state index contributed by atoms with van der Waals surface area (Å²) in [5.41, 5.74) is 5.42. The number of allylic oxidation sites excluding steroid dienone is 13. The van der Waals surface area contributed by atoms with E-state index in [0.29, 0.717) is 5.92 Å². The summed E-state index contributed by atoms with van der Waals surface area (Å²) in [6, 6.07) is 0. The Hall–Kier alpha value is -2.28. The minimum absolute atomic E-state index is 0.405. The molecule has 0 bridgehead atoms. The van der Waals surface area contributed by atoms with Crippen molar-refractivity contribution < 1.29 is 0 Å². The molecule has 2 heterocycles. The predicted molar refractivity (Wildman–Crippen MR) is 74.2 cm³/mol. The van der Waals surface area contributed by atoms with Gasteiger partial charge in [0.1, 0.15) is 0 Å². The highest BCUT2D eigenvalue weighted by molar-refractivity contribution is 5.62. The van der Waals surface area contributed by atoms with Gasteiger partial charge in [0.2, 0.25) is 0 Å². The quantitative estimate of drug-likeness (QED) is 0.613. The first-order valence-corrected chi connectivity index (χ1v) is 6.26. The minimum atomic E-state index is 0.405. The van der Waals surface area contributed by atoms with Crippen LogP contribution in [0.4, 0.5) is 0 Å². The number of hydrogen-bond acceptors (Lipinski definition) is 1. The van der Waals surface area contributed by atoms with Gasteiger partial charge in [-0.2, -0.15) is 0 Å². The third-order valence-corrected chi connectivity index (χ3v) is 3.73. The normalized spacial score (nSPS) is 26.7. The van der Waals surface area contributed by atoms with E-state index in [1.807, 2.05) is 0 Å². The van der Waals surface area contributed by atoms with E-state index in [0.717, 1.165) is 0 Å². The lowest BCUT2D eigenvalue weighted by Crippen LogP contribution is -2.23. The third-order valence-electron chi connectivity index (χ3n) is 3.73. The first kappa shape index (κ1) is 9.72. The summed E-state index contributed by atoms with van der Waals surface area (Å²) in [6.07, 6.45) is 26.0. The Bertz CT molecular complexity index is 645. The van der Waals surface area contributed by atoms with Gasteiger partial charge >= 0.3 is 0 Å². The van der Waals surface area contributed by atoms with Crippen LogP contribution in [0.2, 0.25) is 0 Å². The van der Waals surface area contributed by atoms with E-state index in [-0.39, 0.29) is 0 Å². The fourth-order valence-corrected chi connectivity index (χ4v) is 2.86. The molecule has 0 N–H and O–H groups in total. The minimum Gasteiger partial charge on any atom is -0.324 e. The van der Waals surface area contributed by atoms with E-state index in [2.05, 4.69) is 78.1 Å². The van der Waals surface area contributed by atoms with Crippen LogP contribution in [0.15, 0.2) is 95.6 Å². The van der Waals surface area contributed by atoms with Gasteiger partial charge in [0.25, 0.3) is 0 Å². The highest BCUT2D eigenvalue weighted by atomic mass is 15.1. The van der Waals surface area contributed by atoms with Gasteiger partial charge < -0.3 is 4.90 Å². The van der Waals surface area contributed by atoms with Crippen molar-refractivity contribution in [3.05, 3.63) is 95.6 Å². The molecule has 0 saturated carbocycles. The molecule has 1 nitrogen and oxygen atoms in total. The second-order valence-corrected chi connectivity index (χ2v) is 4.73. The van der Waals surface area contributed by atoms with Crippen LogP contribution >= 0.6 is 0 Å². The lowest BCUT2D eigenvalue weighted by Gasteiger charge is -2.33. The number of hydrogen-bond donors (Lipinski definition) is 0. The lowest BCUT2D eigenvalue weighted by atomic mass is 9.80. The highest BCUT2D eigenvalue weighted by Crippen LogP contribution is 2.42. The van der Waals surface area contributed by atoms with Gasteiger partial charge in [0.15, 0.2) is 0 Å². The summed E-state index contributed by atoms with van der Waals surface area (Å²) >= 11 is 0. The highest BCUT2D eigenvalue weighted by Gasteiger charge is 2.29. The second kappa shape index (κ2) is 3.61. The average molecular weight is 231 g/mol. The van der Waals surface area contributed by atoms with Gasteiger partial charge in [0, 0.05) is 24.0 Å². The zero-order valence-electron chi connectivity index (χ0n) is 9.95. The monoisotopic (exact) mass is 231 g/mol. The number of fused-ring (bicyclic) bond motifs is 5. The molecule has 4 rings (SSSR count). The Morgan fingerprint density at radius 2 is 1.78 bits per heavy atom. The molecule has 0 aromatic rings. The topological polar surface area (TPSA) is 3.24 Å². The maximum Gasteiger partial charge on any atom is 0.0490 e. The smallest absolute Gasteiger partial charge is 0.0490 e. The van der Waals surface area contributed by atoms with Crippen molar-refractivity contribution in [1.29, 1.82) is 0 Å². The Kier molecular flexibility index (Phi) is 1.95. The Morgan fingerprint density at radius 1 is 0.778 bits per heavy atom. The zero-order chi connectivity index (χ0) is 11.9. The van der Waals surface area contributed by atoms with E-state index < -0.39 is 0 Å². The summed E-state index contributed by atoms with van der Waals surface area (Å²) in [7, 11) is 0. The molecular formula is C17H13N. The van der Waals surface area contributed by atoms with Crippen molar-refractivity contribution in [2.24, 2.45) is 5.92 Å². The molecule has 2 aliphatic carbocycles. The summed E-state index contributed by atoms with van der Waals surface area (Å²) < 4.78 is 0. The van der Waals surface area contributed by atoms with Crippen LogP contribution in [0.25, 0.3) is 0 Å². The molecule has 0 amide bonds. The van der Waals surface area contributed by atoms with Crippen LogP contribution in [-0.2, 0) is 0 Å². The number of nitrogens with zero attached hydrogens (tertiary/aromatic N) is 1. The molecule has 1 atom stereocenters. The SMILES string of the molecule is C1=CC=C2C3=CC=C4C=CC=C4C3C=CN2C=C1. The maximum atomic E-state index is 2.28. The van der Waals surface area contributed by atoms with Gasteiger partial charge in [-0.05, 0) is 28.9 Å². The Morgan fingerprint density at radius 3 is 2.78 bits per heavy atom. The van der Waals surface area contributed by atoms with Crippen LogP contribution < -0.4 is 0 Å². The zero-order valence-corrected chi connectivity index (χ0v) is 9.95. The third kappa shape index (κ3) is 1.28. The molecule has 4 aliphatic rings. The van der Waals surface area contributed by atoms with Crippen LogP contribution in [-0.4, -0.2) is 4.90 Å². The lowest BCUT2D eigenvalue weighted by molar-refractivity contribution is 0.591. The second-order valence-electron chi connectivity index (χ2n) is 4.73. The van der Waals surface area contributed by atoms with Crippen molar-refractivity contribution >= 4 is 0 Å². The van der Waals surface area contributed by atoms with Crippen LogP contribution in [0.1, 0.15) is 0 Å². The molecule has 0 aromatic heterocycles. The summed E-state index contributed by atoms with van der Waals surface area (Å²) in [4.78, 5) is 2.18. The van der Waals surface area contributed by atoms with Crippen molar-refractivity contribution in [1.82, 2.24) is 4.90 Å². The maximum absolute atomic E-state index is 2.28. The molecule has 1 heteroatoms. The van der Waals surface area contributed by atoms with Crippen molar-refractivity contribution in [3.8, 4) is 0 Å². The van der Waals surface area contributed by atoms with Gasteiger partial charge in [-0.1, -0.05) is 48.6 Å². The van der Waals surface area contributed by atoms with Crippen LogP contribution in [0.3, 0.4) is 0 Å². The van der Waals surface area contributed by atoms with Gasteiger partial charge in [-0.15, -0.1) is 0 Å². The first-order valence-electron chi connectivity index (χ1n) is 6.26. The standard InChI is InChI=1S/C17H13N/c1-2-7-17-16-9-8-13-5-4-6-14(13)15(16)10-12-18(17)11-3-1/h1-12,15H. The van der Waals surface area contributed by atoms with Crippen molar-refractivity contribution in [3.63, 3.8) is 0 Å². The molecule has 0 spiro atoms. The predicted octanol–water partition coefficient (Wildman–Crippen LogP) is 3.76. The van der Waals surface area contributed by atoms with E-state index in [1.54, 1.807) is 0 Å². The van der Waals surface area contributed by atoms with E-state index in [1.165, 1.54) is 22.4 Å². The Balaban J connectivity index is 1.88. The van der Waals surface area contributed by atoms with Crippen LogP contribution in [0, 0.1) is 5.92 Å². The van der Waals surface area contributed by atoms with Gasteiger partial charge in [0.05, 0.1) is 0 Å². The molecule has 0 saturated heterocycles. The molecule has 0 fully saturated rings. The largest absolute Gasteiger partial charge is 0.324 e. The fourth-order valence-electron chi connectivity index (χ4n) is 2.86. The number of rotatable bonds is 0. The fraction of sp³-hybridized carbons (Fsp3) is 0.0588. The van der Waals surface area contributed by atoms with E-state index in [9.17, 15) is 0 Å². The van der Waals surface area contributed by atoms with Crippen LogP contribution in [0.5, 0.6) is 0 Å². The summed E-state index contributed by atoms with van der Waals surface area (Å²) in [6.45, 7) is 0. The molecule has 1 unspecified atom stereocenters. The Labute approximate surface area is 107 Å². The summed E-state index contributed by atoms with van der Waals surface area (Å²) in [5.74, 6) is 0.405. The van der Waals surface area contributed by atoms with Gasteiger partial charge in [-0.3, -0.25) is 0 Å². The molecule has 0 aromatic carbocycles. The molecular weight excluding hydrogens is 218 g/mol. The first-order chi connectivity index (χ1) is 8.93. The van der Waals surface area contributed by atoms with Crippen molar-refractivity contribution in [2.75, 3.05) is 0 Å². The molecule has 2 aliphatic heterocycles. The van der Waals surface area contributed by atoms with Gasteiger partial charge in [-0.25, -0.2) is 0 Å². The average Bonchev–Trinajstić information content (AvgIpc) is 2.75. The van der Waals surface area contributed by atoms with E-state index >= 15 is 0 Å². The van der Waals surface area contributed by atoms with E-state index in [4.69, 9.17) is 0 Å².